The van der Waals surface area contributed by atoms with Gasteiger partial charge in [-0.1, -0.05) is 37.3 Å². The Hall–Kier alpha value is -1.50. The van der Waals surface area contributed by atoms with Crippen molar-refractivity contribution in [1.82, 2.24) is 4.98 Å². The van der Waals surface area contributed by atoms with Gasteiger partial charge in [-0.05, 0) is 24.5 Å². The lowest BCUT2D eigenvalue weighted by atomic mass is 10.1. The minimum absolute atomic E-state index is 0.187. The van der Waals surface area contributed by atoms with Crippen molar-refractivity contribution < 1.29 is 14.4 Å². The predicted octanol–water partition coefficient (Wildman–Crippen LogP) is 1.91. The third-order valence-corrected chi connectivity index (χ3v) is 5.80. The summed E-state index contributed by atoms with van der Waals surface area (Å²) in [5, 5.41) is 0.849. The molecule has 1 saturated heterocycles. The molecule has 1 aliphatic heterocycles. The second-order valence-electron chi connectivity index (χ2n) is 6.52. The van der Waals surface area contributed by atoms with Crippen molar-refractivity contribution in [3.05, 3.63) is 23.8 Å². The molecule has 1 aliphatic rings. The molecule has 6 heteroatoms. The summed E-state index contributed by atoms with van der Waals surface area (Å²) in [6.07, 6.45) is 2.40. The molecule has 0 atom stereocenters. The Kier molecular flexibility index (Phi) is 6.39. The van der Waals surface area contributed by atoms with E-state index in [1.54, 1.807) is 11.3 Å². The van der Waals surface area contributed by atoms with Crippen LogP contribution in [0, 0.1) is 0 Å². The average Bonchev–Trinajstić information content (AvgIpc) is 3.06. The number of carbonyl (C=O) groups is 1. The highest BCUT2D eigenvalue weighted by Crippen LogP contribution is 2.31. The van der Waals surface area contributed by atoms with Gasteiger partial charge in [0, 0.05) is 6.42 Å². The number of anilines is 1. The number of rotatable bonds is 7. The Labute approximate surface area is 153 Å². The number of aryl methyl sites for hydroxylation is 1. The van der Waals surface area contributed by atoms with Crippen LogP contribution in [-0.4, -0.2) is 50.3 Å². The van der Waals surface area contributed by atoms with E-state index in [0.717, 1.165) is 62.9 Å². The maximum Gasteiger partial charge on any atom is 0.228 e. The molecule has 2 heterocycles. The van der Waals surface area contributed by atoms with Gasteiger partial charge in [0.25, 0.3) is 0 Å². The molecule has 0 radical (unpaired) electrons. The lowest BCUT2D eigenvalue weighted by Crippen LogP contribution is -3.14. The Morgan fingerprint density at radius 1 is 1.32 bits per heavy atom. The van der Waals surface area contributed by atoms with Crippen LogP contribution in [-0.2, 0) is 16.0 Å². The number of aromatic nitrogens is 1. The number of para-hydroxylation sites is 1. The van der Waals surface area contributed by atoms with Gasteiger partial charge >= 0.3 is 0 Å². The summed E-state index contributed by atoms with van der Waals surface area (Å²) < 4.78 is 6.60. The van der Waals surface area contributed by atoms with Gasteiger partial charge in [0.05, 0.1) is 36.5 Å². The first kappa shape index (κ1) is 18.3. The number of hydrogen-bond acceptors (Lipinski definition) is 4. The van der Waals surface area contributed by atoms with E-state index in [9.17, 15) is 4.79 Å². The molecule has 1 N–H and O–H groups in total. The molecular weight excluding hydrogens is 334 g/mol. The van der Waals surface area contributed by atoms with Crippen LogP contribution >= 0.6 is 11.3 Å². The van der Waals surface area contributed by atoms with Gasteiger partial charge in [-0.3, -0.25) is 9.69 Å². The van der Waals surface area contributed by atoms with Crippen LogP contribution in [0.2, 0.25) is 0 Å². The summed E-state index contributed by atoms with van der Waals surface area (Å²) >= 11 is 1.64. The van der Waals surface area contributed by atoms with Gasteiger partial charge in [-0.25, -0.2) is 4.98 Å². The molecule has 0 bridgehead atoms. The molecule has 1 aromatic heterocycles. The Bertz CT molecular complexity index is 710. The number of nitrogens with one attached hydrogen (secondary N) is 1. The number of thiazole rings is 1. The van der Waals surface area contributed by atoms with Crippen LogP contribution in [0.1, 0.15) is 32.3 Å². The van der Waals surface area contributed by atoms with Crippen molar-refractivity contribution in [1.29, 1.82) is 0 Å². The molecule has 2 aromatic rings. The van der Waals surface area contributed by atoms with Gasteiger partial charge in [-0.2, -0.15) is 0 Å². The maximum atomic E-state index is 12.7. The molecule has 0 aliphatic carbocycles. The highest BCUT2D eigenvalue weighted by atomic mass is 32.1. The number of morpholine rings is 1. The van der Waals surface area contributed by atoms with Crippen molar-refractivity contribution in [3.8, 4) is 0 Å². The number of carbonyl (C=O) groups excluding carboxylic acids is 1. The highest BCUT2D eigenvalue weighted by molar-refractivity contribution is 7.22. The molecule has 0 saturated carbocycles. The minimum atomic E-state index is 0.187. The monoisotopic (exact) mass is 362 g/mol. The van der Waals surface area contributed by atoms with Crippen molar-refractivity contribution in [2.45, 2.75) is 33.1 Å². The van der Waals surface area contributed by atoms with E-state index in [4.69, 9.17) is 9.72 Å². The summed E-state index contributed by atoms with van der Waals surface area (Å²) in [7, 11) is 0. The first-order valence-electron chi connectivity index (χ1n) is 9.33. The highest BCUT2D eigenvalue weighted by Gasteiger charge is 2.22. The van der Waals surface area contributed by atoms with Crippen molar-refractivity contribution >= 4 is 32.6 Å². The molecule has 136 valence electrons. The van der Waals surface area contributed by atoms with Crippen LogP contribution in [0.5, 0.6) is 0 Å². The third-order valence-electron chi connectivity index (χ3n) is 4.76. The lowest BCUT2D eigenvalue weighted by Gasteiger charge is -2.26. The number of benzene rings is 1. The Morgan fingerprint density at radius 3 is 2.84 bits per heavy atom. The number of quaternary nitrogens is 1. The van der Waals surface area contributed by atoms with E-state index in [0.29, 0.717) is 6.42 Å². The summed E-state index contributed by atoms with van der Waals surface area (Å²) in [5.74, 6) is 0.187. The van der Waals surface area contributed by atoms with Crippen molar-refractivity contribution in [3.63, 3.8) is 0 Å². The number of fused-ring (bicyclic) bond motifs is 1. The van der Waals surface area contributed by atoms with Crippen LogP contribution in [0.25, 0.3) is 10.2 Å². The van der Waals surface area contributed by atoms with Gasteiger partial charge in [0.15, 0.2) is 5.13 Å². The molecule has 25 heavy (non-hydrogen) atoms. The topological polar surface area (TPSA) is 46.9 Å². The minimum Gasteiger partial charge on any atom is -0.370 e. The summed E-state index contributed by atoms with van der Waals surface area (Å²) in [4.78, 5) is 21.0. The largest absolute Gasteiger partial charge is 0.370 e. The first-order valence-corrected chi connectivity index (χ1v) is 10.1. The van der Waals surface area contributed by atoms with Crippen LogP contribution < -0.4 is 9.80 Å². The van der Waals surface area contributed by atoms with Crippen LogP contribution in [0.15, 0.2) is 18.2 Å². The molecule has 0 unspecified atom stereocenters. The summed E-state index contributed by atoms with van der Waals surface area (Å²) in [6, 6.07) is 6.31. The third kappa shape index (κ3) is 4.37. The summed E-state index contributed by atoms with van der Waals surface area (Å²) in [6.45, 7) is 9.57. The van der Waals surface area contributed by atoms with Crippen molar-refractivity contribution in [2.24, 2.45) is 0 Å². The van der Waals surface area contributed by atoms with E-state index < -0.39 is 0 Å². The van der Waals surface area contributed by atoms with E-state index in [1.165, 1.54) is 15.2 Å². The van der Waals surface area contributed by atoms with Gasteiger partial charge in [-0.15, -0.1) is 0 Å². The van der Waals surface area contributed by atoms with Gasteiger partial charge in [0.1, 0.15) is 13.1 Å². The second kappa shape index (κ2) is 8.74. The Morgan fingerprint density at radius 2 is 2.12 bits per heavy atom. The van der Waals surface area contributed by atoms with Gasteiger partial charge in [0.2, 0.25) is 5.91 Å². The normalized spacial score (nSPS) is 15.6. The molecule has 3 rings (SSSR count). The predicted molar refractivity (Wildman–Crippen MR) is 103 cm³/mol. The fraction of sp³-hybridized carbons (Fsp3) is 0.579. The van der Waals surface area contributed by atoms with Crippen LogP contribution in [0.4, 0.5) is 5.13 Å². The molecular formula is C19H28N3O2S+. The number of hydrogen-bond donors (Lipinski definition) is 1. The zero-order chi connectivity index (χ0) is 17.6. The maximum absolute atomic E-state index is 12.7. The fourth-order valence-corrected chi connectivity index (χ4v) is 4.31. The van der Waals surface area contributed by atoms with E-state index in [2.05, 4.69) is 32.0 Å². The second-order valence-corrected chi connectivity index (χ2v) is 7.53. The SMILES string of the molecule is CCCC(=O)N(CC[NH+]1CCOCC1)c1nc2c(CC)cccc2s1. The zero-order valence-corrected chi connectivity index (χ0v) is 16.0. The zero-order valence-electron chi connectivity index (χ0n) is 15.2. The lowest BCUT2D eigenvalue weighted by molar-refractivity contribution is -0.906. The molecule has 1 fully saturated rings. The number of ether oxygens (including phenoxy) is 1. The summed E-state index contributed by atoms with van der Waals surface area (Å²) in [5.41, 5.74) is 2.31. The first-order chi connectivity index (χ1) is 12.2. The number of amides is 1. The molecule has 1 aromatic carbocycles. The fourth-order valence-electron chi connectivity index (χ4n) is 3.25. The molecule has 1 amide bonds. The van der Waals surface area contributed by atoms with E-state index in [1.807, 2.05) is 4.90 Å². The average molecular weight is 363 g/mol. The van der Waals surface area contributed by atoms with Gasteiger partial charge < -0.3 is 9.64 Å². The quantitative estimate of drug-likeness (QED) is 0.818. The molecule has 5 nitrogen and oxygen atoms in total. The van der Waals surface area contributed by atoms with Crippen LogP contribution in [0.3, 0.4) is 0 Å². The number of nitrogens with zero attached hydrogens (tertiary/aromatic N) is 2. The molecule has 0 spiro atoms. The smallest absolute Gasteiger partial charge is 0.228 e. The van der Waals surface area contributed by atoms with E-state index in [-0.39, 0.29) is 5.91 Å². The standard InChI is InChI=1S/C19H27N3O2S/c1-3-6-17(23)22(10-9-21-11-13-24-14-12-21)19-20-18-15(4-2)7-5-8-16(18)25-19/h5,7-8H,3-4,6,9-14H2,1-2H3/p+1. The Balaban J connectivity index is 1.81. The van der Waals surface area contributed by atoms with Crippen molar-refractivity contribution in [2.75, 3.05) is 44.3 Å². The van der Waals surface area contributed by atoms with E-state index >= 15 is 0 Å².